The predicted molar refractivity (Wildman–Crippen MR) is 92.6 cm³/mol. The molecule has 2 aromatic carbocycles. The van der Waals surface area contributed by atoms with Crippen molar-refractivity contribution in [2.75, 3.05) is 18.4 Å². The number of halogens is 1. The number of nitrogens with one attached hydrogen (secondary N) is 2. The summed E-state index contributed by atoms with van der Waals surface area (Å²) in [7, 11) is 0. The van der Waals surface area contributed by atoms with Crippen LogP contribution in [0.25, 0.3) is 0 Å². The molecule has 4 heteroatoms. The standard InChI is InChI=1S/C18H21ClN2O/c1-13-5-3-8-17(14(13)2)21-12-18(22)20-10-9-15-6-4-7-16(19)11-15/h3-8,11,21H,9-10,12H2,1-2H3,(H,20,22). The van der Waals surface area contributed by atoms with Crippen molar-refractivity contribution < 1.29 is 4.79 Å². The minimum Gasteiger partial charge on any atom is -0.376 e. The van der Waals surface area contributed by atoms with E-state index in [1.54, 1.807) is 0 Å². The van der Waals surface area contributed by atoms with Crippen LogP contribution < -0.4 is 10.6 Å². The van der Waals surface area contributed by atoms with Crippen LogP contribution in [0.15, 0.2) is 42.5 Å². The molecule has 0 unspecified atom stereocenters. The predicted octanol–water partition coefficient (Wildman–Crippen LogP) is 3.73. The summed E-state index contributed by atoms with van der Waals surface area (Å²) in [5.41, 5.74) is 4.51. The number of benzene rings is 2. The Balaban J connectivity index is 1.75. The lowest BCUT2D eigenvalue weighted by molar-refractivity contribution is -0.119. The van der Waals surface area contributed by atoms with Crippen molar-refractivity contribution in [2.24, 2.45) is 0 Å². The smallest absolute Gasteiger partial charge is 0.239 e. The summed E-state index contributed by atoms with van der Waals surface area (Å²) in [6.07, 6.45) is 0.774. The maximum Gasteiger partial charge on any atom is 0.239 e. The first kappa shape index (κ1) is 16.4. The van der Waals surface area contributed by atoms with Gasteiger partial charge in [-0.15, -0.1) is 0 Å². The molecule has 1 amide bonds. The highest BCUT2D eigenvalue weighted by atomic mass is 35.5. The molecule has 116 valence electrons. The van der Waals surface area contributed by atoms with Gasteiger partial charge in [-0.3, -0.25) is 4.79 Å². The monoisotopic (exact) mass is 316 g/mol. The first-order valence-electron chi connectivity index (χ1n) is 7.37. The molecule has 0 aromatic heterocycles. The summed E-state index contributed by atoms with van der Waals surface area (Å²) in [6.45, 7) is 4.99. The van der Waals surface area contributed by atoms with Crippen molar-refractivity contribution in [2.45, 2.75) is 20.3 Å². The van der Waals surface area contributed by atoms with Gasteiger partial charge in [-0.25, -0.2) is 0 Å². The Bertz CT molecular complexity index is 655. The number of anilines is 1. The largest absolute Gasteiger partial charge is 0.376 e. The van der Waals surface area contributed by atoms with Gasteiger partial charge in [0.2, 0.25) is 5.91 Å². The molecule has 0 bridgehead atoms. The van der Waals surface area contributed by atoms with E-state index < -0.39 is 0 Å². The van der Waals surface area contributed by atoms with Gasteiger partial charge in [0.25, 0.3) is 0 Å². The average Bonchev–Trinajstić information content (AvgIpc) is 2.49. The topological polar surface area (TPSA) is 41.1 Å². The van der Waals surface area contributed by atoms with Crippen LogP contribution in [0.4, 0.5) is 5.69 Å². The van der Waals surface area contributed by atoms with Gasteiger partial charge < -0.3 is 10.6 Å². The van der Waals surface area contributed by atoms with Gasteiger partial charge in [0, 0.05) is 17.3 Å². The van der Waals surface area contributed by atoms with E-state index in [1.165, 1.54) is 11.1 Å². The Kier molecular flexibility index (Phi) is 5.84. The zero-order valence-corrected chi connectivity index (χ0v) is 13.7. The SMILES string of the molecule is Cc1cccc(NCC(=O)NCCc2cccc(Cl)c2)c1C. The van der Waals surface area contributed by atoms with E-state index in [-0.39, 0.29) is 12.5 Å². The highest BCUT2D eigenvalue weighted by molar-refractivity contribution is 6.30. The van der Waals surface area contributed by atoms with Crippen LogP contribution in [0.2, 0.25) is 5.02 Å². The van der Waals surface area contributed by atoms with Crippen molar-refractivity contribution in [1.82, 2.24) is 5.32 Å². The average molecular weight is 317 g/mol. The summed E-state index contributed by atoms with van der Waals surface area (Å²) >= 11 is 5.93. The number of carbonyl (C=O) groups is 1. The third-order valence-corrected chi connectivity index (χ3v) is 3.90. The molecule has 0 spiro atoms. The Morgan fingerprint density at radius 1 is 1.14 bits per heavy atom. The summed E-state index contributed by atoms with van der Waals surface area (Å²) < 4.78 is 0. The molecule has 3 nitrogen and oxygen atoms in total. The van der Waals surface area contributed by atoms with E-state index in [0.717, 1.165) is 22.7 Å². The van der Waals surface area contributed by atoms with Gasteiger partial charge in [0.15, 0.2) is 0 Å². The summed E-state index contributed by atoms with van der Waals surface area (Å²) in [6, 6.07) is 13.7. The van der Waals surface area contributed by atoms with Crippen LogP contribution in [-0.2, 0) is 11.2 Å². The lowest BCUT2D eigenvalue weighted by Gasteiger charge is -2.11. The number of aryl methyl sites for hydroxylation is 1. The molecule has 2 N–H and O–H groups in total. The second-order valence-corrected chi connectivity index (χ2v) is 5.77. The van der Waals surface area contributed by atoms with Gasteiger partial charge in [0.05, 0.1) is 6.54 Å². The Morgan fingerprint density at radius 3 is 2.68 bits per heavy atom. The second-order valence-electron chi connectivity index (χ2n) is 5.33. The third kappa shape index (κ3) is 4.78. The Morgan fingerprint density at radius 2 is 1.91 bits per heavy atom. The first-order chi connectivity index (χ1) is 10.6. The van der Waals surface area contributed by atoms with E-state index >= 15 is 0 Å². The molecule has 0 radical (unpaired) electrons. The Hall–Kier alpha value is -2.00. The number of rotatable bonds is 6. The van der Waals surface area contributed by atoms with E-state index in [1.807, 2.05) is 36.4 Å². The third-order valence-electron chi connectivity index (χ3n) is 3.67. The van der Waals surface area contributed by atoms with Crippen molar-refractivity contribution in [1.29, 1.82) is 0 Å². The van der Waals surface area contributed by atoms with Gasteiger partial charge in [-0.1, -0.05) is 35.9 Å². The van der Waals surface area contributed by atoms with Gasteiger partial charge in [-0.05, 0) is 55.2 Å². The fraction of sp³-hybridized carbons (Fsp3) is 0.278. The van der Waals surface area contributed by atoms with Crippen molar-refractivity contribution >= 4 is 23.2 Å². The molecule has 0 saturated carbocycles. The van der Waals surface area contributed by atoms with E-state index in [2.05, 4.69) is 30.5 Å². The van der Waals surface area contributed by atoms with Crippen LogP contribution in [0.5, 0.6) is 0 Å². The number of hydrogen-bond acceptors (Lipinski definition) is 2. The molecular formula is C18H21ClN2O. The van der Waals surface area contributed by atoms with Gasteiger partial charge >= 0.3 is 0 Å². The molecule has 0 saturated heterocycles. The molecular weight excluding hydrogens is 296 g/mol. The van der Waals surface area contributed by atoms with Crippen molar-refractivity contribution in [3.05, 3.63) is 64.2 Å². The summed E-state index contributed by atoms with van der Waals surface area (Å²) in [4.78, 5) is 11.9. The summed E-state index contributed by atoms with van der Waals surface area (Å²) in [5, 5.41) is 6.81. The first-order valence-corrected chi connectivity index (χ1v) is 7.75. The van der Waals surface area contributed by atoms with Crippen LogP contribution in [0, 0.1) is 13.8 Å². The van der Waals surface area contributed by atoms with Crippen molar-refractivity contribution in [3.63, 3.8) is 0 Å². The molecule has 2 aromatic rings. The van der Waals surface area contributed by atoms with E-state index in [4.69, 9.17) is 11.6 Å². The minimum absolute atomic E-state index is 0.0112. The molecule has 22 heavy (non-hydrogen) atoms. The molecule has 0 aliphatic heterocycles. The van der Waals surface area contributed by atoms with Crippen LogP contribution in [0.3, 0.4) is 0 Å². The normalized spacial score (nSPS) is 10.3. The zero-order valence-electron chi connectivity index (χ0n) is 12.9. The molecule has 0 aliphatic rings. The molecule has 0 heterocycles. The molecule has 0 atom stereocenters. The lowest BCUT2D eigenvalue weighted by atomic mass is 10.1. The Labute approximate surface area is 136 Å². The van der Waals surface area contributed by atoms with Crippen LogP contribution >= 0.6 is 11.6 Å². The van der Waals surface area contributed by atoms with Crippen LogP contribution in [-0.4, -0.2) is 19.0 Å². The van der Waals surface area contributed by atoms with E-state index in [9.17, 15) is 4.79 Å². The lowest BCUT2D eigenvalue weighted by Crippen LogP contribution is -2.31. The fourth-order valence-corrected chi connectivity index (χ4v) is 2.43. The van der Waals surface area contributed by atoms with Crippen molar-refractivity contribution in [3.8, 4) is 0 Å². The highest BCUT2D eigenvalue weighted by Gasteiger charge is 2.04. The zero-order chi connectivity index (χ0) is 15.9. The quantitative estimate of drug-likeness (QED) is 0.852. The maximum absolute atomic E-state index is 11.9. The number of hydrogen-bond donors (Lipinski definition) is 2. The number of amides is 1. The van der Waals surface area contributed by atoms with Crippen LogP contribution in [0.1, 0.15) is 16.7 Å². The molecule has 0 aliphatic carbocycles. The molecule has 2 rings (SSSR count). The van der Waals surface area contributed by atoms with Gasteiger partial charge in [0.1, 0.15) is 0 Å². The number of carbonyl (C=O) groups excluding carboxylic acids is 1. The van der Waals surface area contributed by atoms with Gasteiger partial charge in [-0.2, -0.15) is 0 Å². The second kappa shape index (κ2) is 7.85. The fourth-order valence-electron chi connectivity index (χ4n) is 2.22. The van der Waals surface area contributed by atoms with E-state index in [0.29, 0.717) is 6.54 Å². The highest BCUT2D eigenvalue weighted by Crippen LogP contribution is 2.17. The maximum atomic E-state index is 11.9. The molecule has 0 fully saturated rings. The summed E-state index contributed by atoms with van der Waals surface area (Å²) in [5.74, 6) is -0.0112. The minimum atomic E-state index is -0.0112.